The summed E-state index contributed by atoms with van der Waals surface area (Å²) in [6.45, 7) is 7.50. The van der Waals surface area contributed by atoms with Gasteiger partial charge in [0.05, 0.1) is 18.1 Å². The smallest absolute Gasteiger partial charge is 0.216 e. The fourth-order valence-electron chi connectivity index (χ4n) is 1.55. The summed E-state index contributed by atoms with van der Waals surface area (Å²) in [6.07, 6.45) is 3.66. The molecule has 2 aromatic rings. The van der Waals surface area contributed by atoms with Crippen LogP contribution in [0.25, 0.3) is 0 Å². The minimum absolute atomic E-state index is 0.0229. The normalized spacial score (nSPS) is 12.0. The molecule has 0 atom stereocenters. The molecule has 2 rings (SSSR count). The lowest BCUT2D eigenvalue weighted by molar-refractivity contribution is 0.371. The summed E-state index contributed by atoms with van der Waals surface area (Å²) < 4.78 is 7.43. The third-order valence-corrected chi connectivity index (χ3v) is 2.53. The van der Waals surface area contributed by atoms with Gasteiger partial charge in [0.2, 0.25) is 5.89 Å². The number of rotatable bonds is 4. The monoisotopic (exact) mass is 249 g/mol. The van der Waals surface area contributed by atoms with Crippen molar-refractivity contribution >= 4 is 0 Å². The highest BCUT2D eigenvalue weighted by atomic mass is 16.4. The Balaban J connectivity index is 2.06. The van der Waals surface area contributed by atoms with Crippen LogP contribution in [0.5, 0.6) is 0 Å². The topological polar surface area (TPSA) is 68.8 Å². The lowest BCUT2D eigenvalue weighted by Gasteiger charge is -2.12. The van der Waals surface area contributed by atoms with Crippen LogP contribution in [0, 0.1) is 0 Å². The third-order valence-electron chi connectivity index (χ3n) is 2.53. The van der Waals surface area contributed by atoms with Crippen molar-refractivity contribution in [2.24, 2.45) is 0 Å². The number of oxazole rings is 1. The minimum atomic E-state index is -0.0229. The van der Waals surface area contributed by atoms with Crippen molar-refractivity contribution in [3.63, 3.8) is 0 Å². The van der Waals surface area contributed by atoms with E-state index >= 15 is 0 Å². The summed E-state index contributed by atoms with van der Waals surface area (Å²) in [5, 5.41) is 11.1. The van der Waals surface area contributed by atoms with Crippen LogP contribution in [0.3, 0.4) is 0 Å². The average molecular weight is 249 g/mol. The standard InChI is InChI=1S/C12H19N5O/c1-12(2,3)10-6-14-11(18-10)8-17-7-9(5-13-4)15-16-17/h6-7,13H,5,8H2,1-4H3. The van der Waals surface area contributed by atoms with Gasteiger partial charge < -0.3 is 9.73 Å². The second-order valence-corrected chi connectivity index (χ2v) is 5.31. The van der Waals surface area contributed by atoms with Crippen LogP contribution in [0.1, 0.15) is 38.1 Å². The van der Waals surface area contributed by atoms with Gasteiger partial charge in [-0.2, -0.15) is 0 Å². The Morgan fingerprint density at radius 1 is 1.39 bits per heavy atom. The largest absolute Gasteiger partial charge is 0.443 e. The molecule has 6 heteroatoms. The Kier molecular flexibility index (Phi) is 3.47. The summed E-state index contributed by atoms with van der Waals surface area (Å²) >= 11 is 0. The van der Waals surface area contributed by atoms with Crippen LogP contribution in [0.2, 0.25) is 0 Å². The summed E-state index contributed by atoms with van der Waals surface area (Å²) in [6, 6.07) is 0. The van der Waals surface area contributed by atoms with Gasteiger partial charge in [-0.25, -0.2) is 9.67 Å². The Labute approximate surface area is 106 Å². The van der Waals surface area contributed by atoms with E-state index in [0.717, 1.165) is 11.5 Å². The lowest BCUT2D eigenvalue weighted by Crippen LogP contribution is -2.09. The first-order valence-electron chi connectivity index (χ1n) is 5.98. The van der Waals surface area contributed by atoms with Crippen LogP contribution < -0.4 is 5.32 Å². The van der Waals surface area contributed by atoms with E-state index in [1.807, 2.05) is 13.2 Å². The predicted octanol–water partition coefficient (Wildman–Crippen LogP) is 1.33. The molecule has 0 aromatic carbocycles. The van der Waals surface area contributed by atoms with Crippen molar-refractivity contribution < 1.29 is 4.42 Å². The maximum Gasteiger partial charge on any atom is 0.216 e. The van der Waals surface area contributed by atoms with E-state index in [1.54, 1.807) is 10.9 Å². The van der Waals surface area contributed by atoms with Gasteiger partial charge in [0.1, 0.15) is 12.3 Å². The van der Waals surface area contributed by atoms with Crippen LogP contribution in [0.15, 0.2) is 16.8 Å². The number of aromatic nitrogens is 4. The molecule has 2 aromatic heterocycles. The minimum Gasteiger partial charge on any atom is -0.443 e. The maximum absolute atomic E-state index is 5.71. The fourth-order valence-corrected chi connectivity index (χ4v) is 1.55. The molecule has 0 unspecified atom stereocenters. The Hall–Kier alpha value is -1.69. The maximum atomic E-state index is 5.71. The second kappa shape index (κ2) is 4.89. The van der Waals surface area contributed by atoms with Crippen LogP contribution in [0.4, 0.5) is 0 Å². The molecule has 0 bridgehead atoms. The predicted molar refractivity (Wildman–Crippen MR) is 67.1 cm³/mol. The summed E-state index contributed by atoms with van der Waals surface area (Å²) in [7, 11) is 1.88. The number of nitrogens with zero attached hydrogens (tertiary/aromatic N) is 4. The molecule has 0 spiro atoms. The first-order valence-corrected chi connectivity index (χ1v) is 5.98. The van der Waals surface area contributed by atoms with Gasteiger partial charge >= 0.3 is 0 Å². The van der Waals surface area contributed by atoms with Gasteiger partial charge in [-0.05, 0) is 7.05 Å². The zero-order valence-corrected chi connectivity index (χ0v) is 11.3. The van der Waals surface area contributed by atoms with Crippen molar-refractivity contribution in [3.8, 4) is 0 Å². The van der Waals surface area contributed by atoms with Gasteiger partial charge in [0.25, 0.3) is 0 Å². The Morgan fingerprint density at radius 2 is 2.17 bits per heavy atom. The van der Waals surface area contributed by atoms with E-state index in [4.69, 9.17) is 4.42 Å². The molecule has 0 amide bonds. The quantitative estimate of drug-likeness (QED) is 0.885. The van der Waals surface area contributed by atoms with Crippen molar-refractivity contribution in [1.82, 2.24) is 25.3 Å². The van der Waals surface area contributed by atoms with Gasteiger partial charge in [-0.3, -0.25) is 0 Å². The Bertz CT molecular complexity index is 509. The molecule has 0 radical (unpaired) electrons. The lowest BCUT2D eigenvalue weighted by atomic mass is 9.94. The van der Waals surface area contributed by atoms with Crippen molar-refractivity contribution in [2.75, 3.05) is 7.05 Å². The van der Waals surface area contributed by atoms with Crippen LogP contribution in [-0.2, 0) is 18.5 Å². The number of hydrogen-bond donors (Lipinski definition) is 1. The molecule has 0 aliphatic carbocycles. The molecule has 18 heavy (non-hydrogen) atoms. The molecule has 98 valence electrons. The molecule has 6 nitrogen and oxygen atoms in total. The van der Waals surface area contributed by atoms with Crippen molar-refractivity contribution in [3.05, 3.63) is 29.7 Å². The molecule has 0 saturated heterocycles. The molecule has 0 fully saturated rings. The highest BCUT2D eigenvalue weighted by Crippen LogP contribution is 2.22. The van der Waals surface area contributed by atoms with E-state index in [9.17, 15) is 0 Å². The third kappa shape index (κ3) is 2.95. The summed E-state index contributed by atoms with van der Waals surface area (Å²) in [4.78, 5) is 4.26. The van der Waals surface area contributed by atoms with E-state index in [2.05, 4.69) is 41.4 Å². The number of hydrogen-bond acceptors (Lipinski definition) is 5. The molecule has 0 aliphatic rings. The highest BCUT2D eigenvalue weighted by Gasteiger charge is 2.19. The van der Waals surface area contributed by atoms with Crippen LogP contribution >= 0.6 is 0 Å². The van der Waals surface area contributed by atoms with Gasteiger partial charge in [-0.15, -0.1) is 5.10 Å². The fraction of sp³-hybridized carbons (Fsp3) is 0.583. The summed E-state index contributed by atoms with van der Waals surface area (Å²) in [5.74, 6) is 1.54. The van der Waals surface area contributed by atoms with Crippen molar-refractivity contribution in [1.29, 1.82) is 0 Å². The highest BCUT2D eigenvalue weighted by molar-refractivity contribution is 5.06. The van der Waals surface area contributed by atoms with Gasteiger partial charge in [0.15, 0.2) is 0 Å². The zero-order valence-electron chi connectivity index (χ0n) is 11.3. The first kappa shape index (κ1) is 12.8. The average Bonchev–Trinajstić information content (AvgIpc) is 2.88. The zero-order chi connectivity index (χ0) is 13.2. The molecular weight excluding hydrogens is 230 g/mol. The second-order valence-electron chi connectivity index (χ2n) is 5.31. The molecule has 0 saturated carbocycles. The SMILES string of the molecule is CNCc1cn(Cc2ncc(C(C)(C)C)o2)nn1. The molecular formula is C12H19N5O. The van der Waals surface area contributed by atoms with E-state index in [0.29, 0.717) is 19.0 Å². The van der Waals surface area contributed by atoms with Gasteiger partial charge in [0, 0.05) is 12.0 Å². The molecule has 0 aliphatic heterocycles. The first-order chi connectivity index (χ1) is 8.49. The van der Waals surface area contributed by atoms with E-state index < -0.39 is 0 Å². The molecule has 1 N–H and O–H groups in total. The molecule has 2 heterocycles. The van der Waals surface area contributed by atoms with Gasteiger partial charge in [-0.1, -0.05) is 26.0 Å². The van der Waals surface area contributed by atoms with Crippen molar-refractivity contribution in [2.45, 2.75) is 39.3 Å². The van der Waals surface area contributed by atoms with E-state index in [1.165, 1.54) is 0 Å². The van der Waals surface area contributed by atoms with Crippen LogP contribution in [-0.4, -0.2) is 27.0 Å². The van der Waals surface area contributed by atoms with E-state index in [-0.39, 0.29) is 5.41 Å². The number of nitrogens with one attached hydrogen (secondary N) is 1. The summed E-state index contributed by atoms with van der Waals surface area (Å²) in [5.41, 5.74) is 0.880. The Morgan fingerprint density at radius 3 is 2.78 bits per heavy atom.